The molecule has 0 fully saturated rings. The van der Waals surface area contributed by atoms with Gasteiger partial charge in [-0.2, -0.15) is 5.26 Å². The maximum atomic E-state index is 13.1. The van der Waals surface area contributed by atoms with Crippen molar-refractivity contribution in [1.82, 2.24) is 0 Å². The Labute approximate surface area is 103 Å². The summed E-state index contributed by atoms with van der Waals surface area (Å²) in [4.78, 5) is 0. The average Bonchev–Trinajstić information content (AvgIpc) is 2.41. The summed E-state index contributed by atoms with van der Waals surface area (Å²) in [5.74, 6) is -1.97. The van der Waals surface area contributed by atoms with E-state index in [9.17, 15) is 13.9 Å². The molecule has 0 saturated carbocycles. The van der Waals surface area contributed by atoms with Crippen LogP contribution in [0.4, 0.5) is 8.78 Å². The Morgan fingerprint density at radius 2 is 1.72 bits per heavy atom. The van der Waals surface area contributed by atoms with Crippen LogP contribution in [0, 0.1) is 23.0 Å². The van der Waals surface area contributed by atoms with Crippen LogP contribution in [-0.4, -0.2) is 5.11 Å². The summed E-state index contributed by atoms with van der Waals surface area (Å²) in [6.45, 7) is 0. The minimum atomic E-state index is -1.09. The predicted octanol–water partition coefficient (Wildman–Crippen LogP) is 2.92. The number of nitriles is 1. The number of hydrogen-bond donors (Lipinski definition) is 1. The summed E-state index contributed by atoms with van der Waals surface area (Å²) in [6.07, 6.45) is -1.09. The summed E-state index contributed by atoms with van der Waals surface area (Å²) in [5.41, 5.74) is 1.10. The summed E-state index contributed by atoms with van der Waals surface area (Å²) < 4.78 is 25.8. The minimum Gasteiger partial charge on any atom is -0.384 e. The van der Waals surface area contributed by atoms with E-state index in [0.29, 0.717) is 11.1 Å². The van der Waals surface area contributed by atoms with Gasteiger partial charge in [-0.25, -0.2) is 8.78 Å². The Hall–Kier alpha value is -2.25. The highest BCUT2D eigenvalue weighted by Crippen LogP contribution is 2.23. The van der Waals surface area contributed by atoms with Crippen LogP contribution in [0.1, 0.15) is 22.8 Å². The molecule has 0 spiro atoms. The Bertz CT molecular complexity index is 619. The van der Waals surface area contributed by atoms with Crippen LogP contribution in [0.25, 0.3) is 0 Å². The summed E-state index contributed by atoms with van der Waals surface area (Å²) in [6, 6.07) is 11.5. The molecule has 0 heterocycles. The Kier molecular flexibility index (Phi) is 3.35. The van der Waals surface area contributed by atoms with Gasteiger partial charge in [-0.05, 0) is 35.4 Å². The second-order valence-electron chi connectivity index (χ2n) is 3.81. The zero-order chi connectivity index (χ0) is 13.1. The molecule has 1 N–H and O–H groups in total. The lowest BCUT2D eigenvalue weighted by molar-refractivity contribution is 0.219. The van der Waals surface area contributed by atoms with Gasteiger partial charge in [-0.15, -0.1) is 0 Å². The molecule has 0 amide bonds. The molecule has 90 valence electrons. The van der Waals surface area contributed by atoms with Crippen molar-refractivity contribution in [2.45, 2.75) is 6.10 Å². The van der Waals surface area contributed by atoms with Gasteiger partial charge in [0, 0.05) is 0 Å². The van der Waals surface area contributed by atoms with E-state index in [4.69, 9.17) is 5.26 Å². The first-order valence-electron chi connectivity index (χ1n) is 5.25. The highest BCUT2D eigenvalue weighted by atomic mass is 19.2. The first kappa shape index (κ1) is 12.2. The molecule has 0 bridgehead atoms. The number of halogens is 2. The Morgan fingerprint density at radius 3 is 2.39 bits per heavy atom. The van der Waals surface area contributed by atoms with Gasteiger partial charge in [0.05, 0.1) is 11.6 Å². The zero-order valence-corrected chi connectivity index (χ0v) is 9.27. The smallest absolute Gasteiger partial charge is 0.159 e. The van der Waals surface area contributed by atoms with E-state index in [0.717, 1.165) is 12.1 Å². The SMILES string of the molecule is N#Cc1cccc(C(O)c2ccc(F)c(F)c2)c1. The first-order chi connectivity index (χ1) is 8.61. The molecule has 0 saturated heterocycles. The maximum absolute atomic E-state index is 13.1. The molecule has 2 nitrogen and oxygen atoms in total. The summed E-state index contributed by atoms with van der Waals surface area (Å²) >= 11 is 0. The minimum absolute atomic E-state index is 0.240. The summed E-state index contributed by atoms with van der Waals surface area (Å²) in [5, 5.41) is 18.8. The fraction of sp³-hybridized carbons (Fsp3) is 0.0714. The van der Waals surface area contributed by atoms with Gasteiger partial charge in [0.2, 0.25) is 0 Å². The van der Waals surface area contributed by atoms with Gasteiger partial charge in [-0.3, -0.25) is 0 Å². The van der Waals surface area contributed by atoms with Crippen LogP contribution in [0.5, 0.6) is 0 Å². The van der Waals surface area contributed by atoms with Gasteiger partial charge in [-0.1, -0.05) is 18.2 Å². The van der Waals surface area contributed by atoms with Crippen molar-refractivity contribution in [3.63, 3.8) is 0 Å². The van der Waals surface area contributed by atoms with Crippen molar-refractivity contribution >= 4 is 0 Å². The fourth-order valence-electron chi connectivity index (χ4n) is 1.65. The Morgan fingerprint density at radius 1 is 1.00 bits per heavy atom. The zero-order valence-electron chi connectivity index (χ0n) is 9.27. The van der Waals surface area contributed by atoms with E-state index in [1.165, 1.54) is 12.1 Å². The lowest BCUT2D eigenvalue weighted by Gasteiger charge is -2.11. The van der Waals surface area contributed by atoms with Gasteiger partial charge in [0.1, 0.15) is 6.10 Å². The van der Waals surface area contributed by atoms with Crippen molar-refractivity contribution in [2.75, 3.05) is 0 Å². The average molecular weight is 245 g/mol. The normalized spacial score (nSPS) is 11.9. The first-order valence-corrected chi connectivity index (χ1v) is 5.25. The molecular weight excluding hydrogens is 236 g/mol. The van der Waals surface area contributed by atoms with E-state index in [-0.39, 0.29) is 5.56 Å². The molecule has 4 heteroatoms. The number of nitrogens with zero attached hydrogens (tertiary/aromatic N) is 1. The largest absolute Gasteiger partial charge is 0.384 e. The quantitative estimate of drug-likeness (QED) is 0.884. The second-order valence-corrected chi connectivity index (χ2v) is 3.81. The number of hydrogen-bond acceptors (Lipinski definition) is 2. The van der Waals surface area contributed by atoms with Crippen LogP contribution in [0.3, 0.4) is 0 Å². The van der Waals surface area contributed by atoms with E-state index >= 15 is 0 Å². The van der Waals surface area contributed by atoms with Crippen molar-refractivity contribution in [3.8, 4) is 6.07 Å². The van der Waals surface area contributed by atoms with Gasteiger partial charge < -0.3 is 5.11 Å². The number of aliphatic hydroxyl groups excluding tert-OH is 1. The van der Waals surface area contributed by atoms with E-state index < -0.39 is 17.7 Å². The van der Waals surface area contributed by atoms with Gasteiger partial charge in [0.25, 0.3) is 0 Å². The highest BCUT2D eigenvalue weighted by molar-refractivity contribution is 5.37. The van der Waals surface area contributed by atoms with Crippen molar-refractivity contribution in [3.05, 3.63) is 70.8 Å². The fourth-order valence-corrected chi connectivity index (χ4v) is 1.65. The molecule has 0 aliphatic rings. The summed E-state index contributed by atoms with van der Waals surface area (Å²) in [7, 11) is 0. The number of aliphatic hydroxyl groups is 1. The van der Waals surface area contributed by atoms with Crippen LogP contribution >= 0.6 is 0 Å². The predicted molar refractivity (Wildman–Crippen MR) is 61.6 cm³/mol. The molecule has 0 aliphatic carbocycles. The molecule has 2 rings (SSSR count). The van der Waals surface area contributed by atoms with Crippen molar-refractivity contribution < 1.29 is 13.9 Å². The Balaban J connectivity index is 2.38. The van der Waals surface area contributed by atoms with Gasteiger partial charge in [0.15, 0.2) is 11.6 Å². The van der Waals surface area contributed by atoms with Crippen LogP contribution < -0.4 is 0 Å². The van der Waals surface area contributed by atoms with Gasteiger partial charge >= 0.3 is 0 Å². The molecule has 0 aromatic heterocycles. The van der Waals surface area contributed by atoms with E-state index in [1.807, 2.05) is 6.07 Å². The van der Waals surface area contributed by atoms with Crippen LogP contribution in [0.15, 0.2) is 42.5 Å². The van der Waals surface area contributed by atoms with E-state index in [1.54, 1.807) is 18.2 Å². The molecule has 2 aromatic carbocycles. The molecule has 18 heavy (non-hydrogen) atoms. The van der Waals surface area contributed by atoms with Crippen LogP contribution in [0.2, 0.25) is 0 Å². The number of benzene rings is 2. The molecule has 1 atom stereocenters. The lowest BCUT2D eigenvalue weighted by Crippen LogP contribution is -2.01. The third-order valence-corrected chi connectivity index (χ3v) is 2.59. The number of rotatable bonds is 2. The molecule has 1 unspecified atom stereocenters. The topological polar surface area (TPSA) is 44.0 Å². The van der Waals surface area contributed by atoms with Crippen molar-refractivity contribution in [1.29, 1.82) is 5.26 Å². The van der Waals surface area contributed by atoms with E-state index in [2.05, 4.69) is 0 Å². The van der Waals surface area contributed by atoms with Crippen molar-refractivity contribution in [2.24, 2.45) is 0 Å². The standard InChI is InChI=1S/C14H9F2NO/c15-12-5-4-11(7-13(12)16)14(18)10-3-1-2-9(6-10)8-17/h1-7,14,18H. The molecule has 0 radical (unpaired) electrons. The third kappa shape index (κ3) is 2.36. The lowest BCUT2D eigenvalue weighted by atomic mass is 10.00. The third-order valence-electron chi connectivity index (χ3n) is 2.59. The molecular formula is C14H9F2NO. The monoisotopic (exact) mass is 245 g/mol. The highest BCUT2D eigenvalue weighted by Gasteiger charge is 2.13. The van der Waals surface area contributed by atoms with Crippen LogP contribution in [-0.2, 0) is 0 Å². The molecule has 2 aromatic rings. The maximum Gasteiger partial charge on any atom is 0.159 e. The second kappa shape index (κ2) is 4.94. The molecule has 0 aliphatic heterocycles.